The lowest BCUT2D eigenvalue weighted by Gasteiger charge is -2.36. The Morgan fingerprint density at radius 1 is 1.02 bits per heavy atom. The molecular weight excluding hydrogens is 691 g/mol. The van der Waals surface area contributed by atoms with E-state index in [2.05, 4.69) is 35.4 Å². The first-order valence-electron chi connectivity index (χ1n) is 17.7. The smallest absolute Gasteiger partial charge is 0.278 e. The van der Waals surface area contributed by atoms with Gasteiger partial charge in [0.25, 0.3) is 17.0 Å². The number of aliphatic hydroxyl groups is 1. The maximum atomic E-state index is 15.0. The van der Waals surface area contributed by atoms with Crippen LogP contribution in [0.15, 0.2) is 93.6 Å². The first-order valence-corrected chi connectivity index (χ1v) is 17.7. The number of aromatic amines is 1. The van der Waals surface area contributed by atoms with E-state index in [4.69, 9.17) is 0 Å². The average Bonchev–Trinajstić information content (AvgIpc) is 3.46. The molecule has 1 fully saturated rings. The number of amides is 1. The number of nitrogens with zero attached hydrogens (tertiary/aromatic N) is 8. The number of aliphatic hydroxyl groups excluding tert-OH is 1. The molecule has 1 saturated heterocycles. The lowest BCUT2D eigenvalue weighted by molar-refractivity contribution is 0.0742. The van der Waals surface area contributed by atoms with Crippen LogP contribution in [0.1, 0.15) is 41.9 Å². The number of rotatable bonds is 11. The van der Waals surface area contributed by atoms with Gasteiger partial charge in [-0.1, -0.05) is 31.2 Å². The molecule has 0 radical (unpaired) electrons. The van der Waals surface area contributed by atoms with Gasteiger partial charge in [-0.15, -0.1) is 0 Å². The van der Waals surface area contributed by atoms with Gasteiger partial charge in [-0.2, -0.15) is 10.1 Å². The number of H-pyrrole nitrogens is 1. The third-order valence-electron chi connectivity index (χ3n) is 9.32. The largest absolute Gasteiger partial charge is 0.394 e. The minimum atomic E-state index is -0.588. The van der Waals surface area contributed by atoms with Crippen LogP contribution in [0.3, 0.4) is 0 Å². The molecule has 3 aromatic heterocycles. The number of allylic oxidation sites excluding steroid dienone is 1. The number of piperazine rings is 1. The van der Waals surface area contributed by atoms with Crippen molar-refractivity contribution in [2.75, 3.05) is 43.0 Å². The van der Waals surface area contributed by atoms with E-state index in [9.17, 15) is 19.5 Å². The van der Waals surface area contributed by atoms with Gasteiger partial charge in [0.15, 0.2) is 5.65 Å². The van der Waals surface area contributed by atoms with Crippen molar-refractivity contribution in [3.8, 4) is 0 Å². The highest BCUT2D eigenvalue weighted by atomic mass is 19.1. The molecule has 4 heterocycles. The Morgan fingerprint density at radius 2 is 1.78 bits per heavy atom. The van der Waals surface area contributed by atoms with E-state index in [1.165, 1.54) is 16.9 Å². The predicted octanol–water partition coefficient (Wildman–Crippen LogP) is 4.56. The van der Waals surface area contributed by atoms with Crippen molar-refractivity contribution >= 4 is 57.1 Å². The molecule has 0 aliphatic carbocycles. The molecule has 3 N–H and O–H groups in total. The number of hydrogen-bond donors (Lipinski definition) is 3. The summed E-state index contributed by atoms with van der Waals surface area (Å²) in [6.45, 7) is 5.54. The van der Waals surface area contributed by atoms with Gasteiger partial charge in [0.05, 0.1) is 29.8 Å². The maximum Gasteiger partial charge on any atom is 0.278 e. The van der Waals surface area contributed by atoms with Crippen molar-refractivity contribution < 1.29 is 14.3 Å². The molecule has 0 saturated carbocycles. The molecule has 54 heavy (non-hydrogen) atoms. The van der Waals surface area contributed by atoms with E-state index in [0.29, 0.717) is 77.9 Å². The third kappa shape index (κ3) is 7.13. The first-order chi connectivity index (χ1) is 26.3. The maximum absolute atomic E-state index is 15.0. The van der Waals surface area contributed by atoms with Gasteiger partial charge in [-0.05, 0) is 67.4 Å². The highest BCUT2D eigenvalue weighted by Crippen LogP contribution is 2.25. The molecule has 3 aromatic carbocycles. The molecule has 0 atom stereocenters. The summed E-state index contributed by atoms with van der Waals surface area (Å²) in [5, 5.41) is 21.2. The highest BCUT2D eigenvalue weighted by Gasteiger charge is 2.25. The Hall–Kier alpha value is -6.48. The summed E-state index contributed by atoms with van der Waals surface area (Å²) >= 11 is 0. The van der Waals surface area contributed by atoms with Gasteiger partial charge in [0.2, 0.25) is 5.95 Å². The fraction of sp³-hybridized carbons (Fsp3) is 0.256. The van der Waals surface area contributed by atoms with Gasteiger partial charge in [0.1, 0.15) is 17.0 Å². The van der Waals surface area contributed by atoms with Crippen molar-refractivity contribution in [3.63, 3.8) is 0 Å². The summed E-state index contributed by atoms with van der Waals surface area (Å²) in [7, 11) is 0. The van der Waals surface area contributed by atoms with E-state index in [1.807, 2.05) is 49.4 Å². The van der Waals surface area contributed by atoms with Crippen LogP contribution >= 0.6 is 0 Å². The molecule has 7 rings (SSSR count). The molecule has 276 valence electrons. The Balaban J connectivity index is 1.02. The number of benzene rings is 3. The Morgan fingerprint density at radius 3 is 2.50 bits per heavy atom. The van der Waals surface area contributed by atoms with E-state index < -0.39 is 5.82 Å². The zero-order valence-corrected chi connectivity index (χ0v) is 29.9. The van der Waals surface area contributed by atoms with Crippen LogP contribution in [0.5, 0.6) is 0 Å². The first kappa shape index (κ1) is 35.9. The topological polar surface area (TPSA) is 167 Å². The molecule has 0 spiro atoms. The molecule has 6 aromatic rings. The number of aliphatic imine (C=N–C) groups is 1. The number of hydrogen-bond acceptors (Lipinski definition) is 10. The quantitative estimate of drug-likeness (QED) is 0.162. The molecule has 14 nitrogen and oxygen atoms in total. The van der Waals surface area contributed by atoms with Crippen LogP contribution in [-0.2, 0) is 13.0 Å². The van der Waals surface area contributed by atoms with Gasteiger partial charge >= 0.3 is 0 Å². The van der Waals surface area contributed by atoms with Crippen LogP contribution in [-0.4, -0.2) is 84.4 Å². The zero-order chi connectivity index (χ0) is 37.8. The van der Waals surface area contributed by atoms with Crippen LogP contribution in [0.2, 0.25) is 0 Å². The fourth-order valence-corrected chi connectivity index (χ4v) is 6.70. The van der Waals surface area contributed by atoms with Crippen LogP contribution < -0.4 is 21.3 Å². The van der Waals surface area contributed by atoms with Crippen LogP contribution in [0.25, 0.3) is 27.6 Å². The number of aromatic nitrogens is 6. The second-order valence-corrected chi connectivity index (χ2v) is 12.7. The zero-order valence-electron chi connectivity index (χ0n) is 29.9. The van der Waals surface area contributed by atoms with Gasteiger partial charge in [0, 0.05) is 61.8 Å². The Bertz CT molecular complexity index is 2510. The number of halogens is 1. The number of nitrogens with one attached hydrogen (secondary N) is 2. The fourth-order valence-electron chi connectivity index (χ4n) is 6.70. The summed E-state index contributed by atoms with van der Waals surface area (Å²) in [4.78, 5) is 56.2. The van der Waals surface area contributed by atoms with E-state index in [-0.39, 0.29) is 41.7 Å². The molecule has 0 unspecified atom stereocenters. The Kier molecular flexibility index (Phi) is 10.4. The SMILES string of the molecule is CC=N/C(=C\CC)n1c2nc(Nc3ccc(N4CCN(C(=O)c5cc(Cc6n[nH]c(=O)c7ccccc67)ccc5F)CC4)cc3)ncc2c(=O)n1CCO. The van der Waals surface area contributed by atoms with Crippen molar-refractivity contribution in [2.45, 2.75) is 33.2 Å². The summed E-state index contributed by atoms with van der Waals surface area (Å²) in [5.74, 6) is -0.159. The lowest BCUT2D eigenvalue weighted by atomic mass is 10.0. The molecule has 1 aliphatic heterocycles. The van der Waals surface area contributed by atoms with Crippen molar-refractivity contribution in [1.29, 1.82) is 0 Å². The summed E-state index contributed by atoms with van der Waals surface area (Å²) < 4.78 is 18.0. The average molecular weight is 731 g/mol. The van der Waals surface area contributed by atoms with Crippen molar-refractivity contribution in [1.82, 2.24) is 34.4 Å². The number of fused-ring (bicyclic) bond motifs is 2. The third-order valence-corrected chi connectivity index (χ3v) is 9.32. The Labute approximate surface area is 308 Å². The second-order valence-electron chi connectivity index (χ2n) is 12.7. The summed E-state index contributed by atoms with van der Waals surface area (Å²) in [5.41, 5.74) is 2.80. The highest BCUT2D eigenvalue weighted by molar-refractivity contribution is 5.95. The van der Waals surface area contributed by atoms with Crippen LogP contribution in [0, 0.1) is 5.82 Å². The molecule has 15 heteroatoms. The molecular formula is C39H39FN10O4. The second kappa shape index (κ2) is 15.6. The molecule has 1 aliphatic rings. The van der Waals surface area contributed by atoms with Gasteiger partial charge in [-0.3, -0.25) is 14.4 Å². The predicted molar refractivity (Wildman–Crippen MR) is 207 cm³/mol. The standard InChI is InChI=1S/C39H39FN10O4/c1-3-7-34(41-4-2)50-35-31(38(54)49(50)20-21-51)24-42-39(44-35)43-26-11-13-27(14-12-26)47-16-18-48(19-17-47)37(53)30-22-25(10-15-32(30)40)23-33-28-8-5-6-9-29(28)36(52)46-45-33/h4-15,22,24,51H,3,16-21,23H2,1-2H3,(H,46,52)(H,42,43,44)/b34-7+,41-4?. The van der Waals surface area contributed by atoms with Gasteiger partial charge < -0.3 is 20.2 Å². The molecule has 0 bridgehead atoms. The summed E-state index contributed by atoms with van der Waals surface area (Å²) in [6, 6.07) is 19.4. The number of anilines is 3. The van der Waals surface area contributed by atoms with E-state index in [0.717, 1.165) is 11.4 Å². The normalized spacial score (nSPS) is 13.7. The van der Waals surface area contributed by atoms with Crippen molar-refractivity contribution in [2.24, 2.45) is 4.99 Å². The lowest BCUT2D eigenvalue weighted by Crippen LogP contribution is -2.49. The van der Waals surface area contributed by atoms with Crippen molar-refractivity contribution in [3.05, 3.63) is 122 Å². The monoisotopic (exact) mass is 730 g/mol. The van der Waals surface area contributed by atoms with Gasteiger partial charge in [-0.25, -0.2) is 28.8 Å². The number of carbonyl (C=O) groups is 1. The molecule has 1 amide bonds. The van der Waals surface area contributed by atoms with Crippen LogP contribution in [0.4, 0.5) is 21.7 Å². The summed E-state index contributed by atoms with van der Waals surface area (Å²) in [6.07, 6.45) is 5.99. The minimum absolute atomic E-state index is 0.00294. The van der Waals surface area contributed by atoms with E-state index in [1.54, 1.807) is 47.0 Å². The number of carbonyl (C=O) groups excluding carboxylic acids is 1. The van der Waals surface area contributed by atoms with E-state index >= 15 is 4.39 Å². The minimum Gasteiger partial charge on any atom is -0.394 e.